The molecule has 1 aromatic heterocycles. The van der Waals surface area contributed by atoms with Gasteiger partial charge in [0, 0.05) is 12.7 Å². The van der Waals surface area contributed by atoms with Crippen LogP contribution in [0.15, 0.2) is 28.7 Å². The molecule has 1 heterocycles. The van der Waals surface area contributed by atoms with Crippen LogP contribution in [0.1, 0.15) is 17.0 Å². The fourth-order valence-electron chi connectivity index (χ4n) is 1.59. The number of hydrogen-bond acceptors (Lipinski definition) is 3. The number of halogens is 1. The van der Waals surface area contributed by atoms with E-state index in [0.29, 0.717) is 18.4 Å². The molecule has 0 bridgehead atoms. The van der Waals surface area contributed by atoms with Crippen molar-refractivity contribution in [3.05, 3.63) is 41.3 Å². The van der Waals surface area contributed by atoms with Crippen molar-refractivity contribution in [1.29, 1.82) is 0 Å². The molecule has 2 aromatic rings. The Morgan fingerprint density at radius 3 is 2.53 bits per heavy atom. The largest absolute Gasteiger partial charge is 0.441 e. The zero-order valence-electron chi connectivity index (χ0n) is 9.87. The van der Waals surface area contributed by atoms with Gasteiger partial charge in [-0.15, -0.1) is 11.6 Å². The van der Waals surface area contributed by atoms with Crippen LogP contribution in [0.25, 0.3) is 11.5 Å². The van der Waals surface area contributed by atoms with E-state index in [2.05, 4.69) is 4.98 Å². The Kier molecular flexibility index (Phi) is 3.82. The predicted molar refractivity (Wildman–Crippen MR) is 66.9 cm³/mol. The van der Waals surface area contributed by atoms with Gasteiger partial charge in [0.1, 0.15) is 5.76 Å². The SMILES string of the molecule is COCc1ccc(-c2nc(CCl)c(C)o2)cc1. The normalized spacial score (nSPS) is 10.8. The van der Waals surface area contributed by atoms with Crippen LogP contribution < -0.4 is 0 Å². The first-order valence-corrected chi connectivity index (χ1v) is 5.88. The molecule has 1 aromatic carbocycles. The standard InChI is InChI=1S/C13H14ClNO2/c1-9-12(7-14)15-13(17-9)11-5-3-10(4-6-11)8-16-2/h3-6H,7-8H2,1-2H3. The minimum Gasteiger partial charge on any atom is -0.441 e. The van der Waals surface area contributed by atoms with E-state index >= 15 is 0 Å². The first kappa shape index (κ1) is 12.1. The highest BCUT2D eigenvalue weighted by Crippen LogP contribution is 2.23. The summed E-state index contributed by atoms with van der Waals surface area (Å²) in [4.78, 5) is 4.34. The number of hydrogen-bond donors (Lipinski definition) is 0. The van der Waals surface area contributed by atoms with E-state index in [9.17, 15) is 0 Å². The fourth-order valence-corrected chi connectivity index (χ4v) is 1.83. The molecule has 0 saturated carbocycles. The smallest absolute Gasteiger partial charge is 0.226 e. The van der Waals surface area contributed by atoms with Gasteiger partial charge in [0.15, 0.2) is 0 Å². The minimum atomic E-state index is 0.372. The van der Waals surface area contributed by atoms with E-state index in [-0.39, 0.29) is 0 Å². The van der Waals surface area contributed by atoms with Crippen molar-refractivity contribution in [3.8, 4) is 11.5 Å². The zero-order valence-corrected chi connectivity index (χ0v) is 10.6. The maximum atomic E-state index is 5.76. The Hall–Kier alpha value is -1.32. The molecule has 0 radical (unpaired) electrons. The van der Waals surface area contributed by atoms with Gasteiger partial charge in [-0.25, -0.2) is 4.98 Å². The van der Waals surface area contributed by atoms with Crippen molar-refractivity contribution < 1.29 is 9.15 Å². The second-order valence-electron chi connectivity index (χ2n) is 3.79. The molecule has 0 fully saturated rings. The second kappa shape index (κ2) is 5.34. The Balaban J connectivity index is 2.26. The van der Waals surface area contributed by atoms with Crippen LogP contribution in [0.4, 0.5) is 0 Å². The van der Waals surface area contributed by atoms with Crippen molar-refractivity contribution in [2.24, 2.45) is 0 Å². The maximum Gasteiger partial charge on any atom is 0.226 e. The highest BCUT2D eigenvalue weighted by molar-refractivity contribution is 6.16. The molecule has 4 heteroatoms. The molecular formula is C13H14ClNO2. The summed E-state index contributed by atoms with van der Waals surface area (Å²) >= 11 is 5.76. The number of rotatable bonds is 4. The number of methoxy groups -OCH3 is 1. The fraction of sp³-hybridized carbons (Fsp3) is 0.308. The van der Waals surface area contributed by atoms with Crippen molar-refractivity contribution in [1.82, 2.24) is 4.98 Å². The third-order valence-electron chi connectivity index (χ3n) is 2.53. The van der Waals surface area contributed by atoms with E-state index < -0.39 is 0 Å². The first-order valence-electron chi connectivity index (χ1n) is 5.35. The second-order valence-corrected chi connectivity index (χ2v) is 4.05. The van der Waals surface area contributed by atoms with Crippen LogP contribution in [0.2, 0.25) is 0 Å². The maximum absolute atomic E-state index is 5.76. The third kappa shape index (κ3) is 2.68. The summed E-state index contributed by atoms with van der Waals surface area (Å²) in [5.74, 6) is 1.76. The molecule has 0 aliphatic rings. The van der Waals surface area contributed by atoms with Crippen LogP contribution in [0.5, 0.6) is 0 Å². The number of aromatic nitrogens is 1. The number of benzene rings is 1. The van der Waals surface area contributed by atoms with Crippen LogP contribution in [-0.2, 0) is 17.2 Å². The molecule has 0 aliphatic carbocycles. The summed E-state index contributed by atoms with van der Waals surface area (Å²) in [6, 6.07) is 7.94. The third-order valence-corrected chi connectivity index (χ3v) is 2.78. The van der Waals surface area contributed by atoms with Crippen molar-refractivity contribution in [2.45, 2.75) is 19.4 Å². The van der Waals surface area contributed by atoms with Gasteiger partial charge in [0.25, 0.3) is 0 Å². The summed E-state index contributed by atoms with van der Waals surface area (Å²) in [6.07, 6.45) is 0. The summed E-state index contributed by atoms with van der Waals surface area (Å²) < 4.78 is 10.6. The lowest BCUT2D eigenvalue weighted by atomic mass is 10.1. The van der Waals surface area contributed by atoms with E-state index in [1.54, 1.807) is 7.11 Å². The van der Waals surface area contributed by atoms with Crippen LogP contribution in [-0.4, -0.2) is 12.1 Å². The Morgan fingerprint density at radius 2 is 2.00 bits per heavy atom. The number of oxazole rings is 1. The summed E-state index contributed by atoms with van der Waals surface area (Å²) in [5.41, 5.74) is 2.86. The molecule has 0 amide bonds. The van der Waals surface area contributed by atoms with Gasteiger partial charge in [-0.05, 0) is 24.6 Å². The van der Waals surface area contributed by atoms with Gasteiger partial charge in [0.2, 0.25) is 5.89 Å². The number of aryl methyl sites for hydroxylation is 1. The molecular weight excluding hydrogens is 238 g/mol. The molecule has 0 aliphatic heterocycles. The van der Waals surface area contributed by atoms with Crippen LogP contribution >= 0.6 is 11.6 Å². The predicted octanol–water partition coefficient (Wildman–Crippen LogP) is 3.54. The summed E-state index contributed by atoms with van der Waals surface area (Å²) in [6.45, 7) is 2.48. The molecule has 3 nitrogen and oxygen atoms in total. The van der Waals surface area contributed by atoms with E-state index in [1.165, 1.54) is 0 Å². The van der Waals surface area contributed by atoms with Gasteiger partial charge in [-0.3, -0.25) is 0 Å². The lowest BCUT2D eigenvalue weighted by molar-refractivity contribution is 0.185. The van der Waals surface area contributed by atoms with Gasteiger partial charge < -0.3 is 9.15 Å². The average molecular weight is 252 g/mol. The topological polar surface area (TPSA) is 35.3 Å². The van der Waals surface area contributed by atoms with E-state index in [0.717, 1.165) is 22.6 Å². The van der Waals surface area contributed by atoms with Gasteiger partial charge >= 0.3 is 0 Å². The lowest BCUT2D eigenvalue weighted by Gasteiger charge is -2.00. The van der Waals surface area contributed by atoms with Crippen LogP contribution in [0, 0.1) is 6.92 Å². The number of ether oxygens (including phenoxy) is 1. The van der Waals surface area contributed by atoms with Crippen molar-refractivity contribution >= 4 is 11.6 Å². The monoisotopic (exact) mass is 251 g/mol. The molecule has 0 N–H and O–H groups in total. The Labute approximate surface area is 105 Å². The van der Waals surface area contributed by atoms with E-state index in [1.807, 2.05) is 31.2 Å². The first-order chi connectivity index (χ1) is 8.24. The lowest BCUT2D eigenvalue weighted by Crippen LogP contribution is -1.87. The molecule has 0 atom stereocenters. The molecule has 2 rings (SSSR count). The summed E-state index contributed by atoms with van der Waals surface area (Å²) in [5, 5.41) is 0. The highest BCUT2D eigenvalue weighted by Gasteiger charge is 2.10. The molecule has 17 heavy (non-hydrogen) atoms. The van der Waals surface area contributed by atoms with Gasteiger partial charge in [-0.1, -0.05) is 12.1 Å². The molecule has 0 saturated heterocycles. The van der Waals surface area contributed by atoms with Crippen molar-refractivity contribution in [3.63, 3.8) is 0 Å². The van der Waals surface area contributed by atoms with Crippen molar-refractivity contribution in [2.75, 3.05) is 7.11 Å². The molecule has 0 spiro atoms. The Morgan fingerprint density at radius 1 is 1.29 bits per heavy atom. The summed E-state index contributed by atoms with van der Waals surface area (Å²) in [7, 11) is 1.68. The number of alkyl halides is 1. The molecule has 0 unspecified atom stereocenters. The zero-order chi connectivity index (χ0) is 12.3. The van der Waals surface area contributed by atoms with Gasteiger partial charge in [0.05, 0.1) is 18.2 Å². The molecule has 90 valence electrons. The van der Waals surface area contributed by atoms with Gasteiger partial charge in [-0.2, -0.15) is 0 Å². The highest BCUT2D eigenvalue weighted by atomic mass is 35.5. The average Bonchev–Trinajstić information content (AvgIpc) is 2.72. The van der Waals surface area contributed by atoms with Crippen LogP contribution in [0.3, 0.4) is 0 Å². The minimum absolute atomic E-state index is 0.372. The quantitative estimate of drug-likeness (QED) is 0.780. The number of nitrogens with zero attached hydrogens (tertiary/aromatic N) is 1. The Bertz CT molecular complexity index is 491. The van der Waals surface area contributed by atoms with E-state index in [4.69, 9.17) is 20.8 Å².